The second-order valence-electron chi connectivity index (χ2n) is 1.70. The summed E-state index contributed by atoms with van der Waals surface area (Å²) in [6.45, 7) is 3.76. The Morgan fingerprint density at radius 3 is 3.11 bits per heavy atom. The van der Waals surface area contributed by atoms with Crippen molar-refractivity contribution < 1.29 is 0 Å². The molecule has 0 amide bonds. The van der Waals surface area contributed by atoms with Gasteiger partial charge in [0.1, 0.15) is 12.7 Å². The van der Waals surface area contributed by atoms with Crippen molar-refractivity contribution in [2.45, 2.75) is 13.6 Å². The molecule has 4 nitrogen and oxygen atoms in total. The third kappa shape index (κ3) is 1.81. The minimum absolute atomic E-state index is 0.747. The van der Waals surface area contributed by atoms with Crippen molar-refractivity contribution in [1.29, 1.82) is 0 Å². The zero-order valence-electron chi connectivity index (χ0n) is 5.41. The van der Waals surface area contributed by atoms with Gasteiger partial charge >= 0.3 is 0 Å². The molecule has 0 atom stereocenters. The second-order valence-corrected chi connectivity index (χ2v) is 1.70. The first-order chi connectivity index (χ1) is 4.43. The standard InChI is InChI=1S/C5H10N4/c1-2-6-4-9-5-7-3-8-9/h3,5-6H,2,4H2,1H3. The molecule has 1 aromatic rings. The van der Waals surface area contributed by atoms with E-state index < -0.39 is 0 Å². The summed E-state index contributed by atoms with van der Waals surface area (Å²) in [6.07, 6.45) is 3.21. The van der Waals surface area contributed by atoms with Gasteiger partial charge in [-0.05, 0) is 6.54 Å². The van der Waals surface area contributed by atoms with E-state index in [1.165, 1.54) is 6.33 Å². The van der Waals surface area contributed by atoms with Crippen molar-refractivity contribution in [2.24, 2.45) is 0 Å². The van der Waals surface area contributed by atoms with Crippen molar-refractivity contribution in [2.75, 3.05) is 6.54 Å². The second kappa shape index (κ2) is 3.19. The van der Waals surface area contributed by atoms with Crippen molar-refractivity contribution in [3.8, 4) is 0 Å². The highest BCUT2D eigenvalue weighted by atomic mass is 15.4. The van der Waals surface area contributed by atoms with Gasteiger partial charge < -0.3 is 0 Å². The number of aromatic nitrogens is 3. The van der Waals surface area contributed by atoms with Gasteiger partial charge in [-0.1, -0.05) is 6.92 Å². The van der Waals surface area contributed by atoms with Gasteiger partial charge in [0.05, 0.1) is 6.67 Å². The summed E-state index contributed by atoms with van der Waals surface area (Å²) in [7, 11) is 0. The third-order valence-corrected chi connectivity index (χ3v) is 0.990. The molecule has 1 heterocycles. The van der Waals surface area contributed by atoms with Crippen LogP contribution >= 0.6 is 0 Å². The molecule has 0 fully saturated rings. The van der Waals surface area contributed by atoms with Crippen LogP contribution in [0.1, 0.15) is 6.92 Å². The smallest absolute Gasteiger partial charge is 0.137 e. The molecule has 4 heteroatoms. The SMILES string of the molecule is CCNCn1cncn1. The Bertz CT molecular complexity index is 146. The van der Waals surface area contributed by atoms with E-state index in [0.717, 1.165) is 13.2 Å². The maximum Gasteiger partial charge on any atom is 0.137 e. The van der Waals surface area contributed by atoms with E-state index in [0.29, 0.717) is 0 Å². The molecule has 1 rings (SSSR count). The molecule has 1 N–H and O–H groups in total. The monoisotopic (exact) mass is 126 g/mol. The van der Waals surface area contributed by atoms with Crippen molar-refractivity contribution in [3.63, 3.8) is 0 Å². The van der Waals surface area contributed by atoms with E-state index in [2.05, 4.69) is 22.3 Å². The Morgan fingerprint density at radius 2 is 2.56 bits per heavy atom. The minimum Gasteiger partial charge on any atom is -0.298 e. The van der Waals surface area contributed by atoms with E-state index in [4.69, 9.17) is 0 Å². The summed E-state index contributed by atoms with van der Waals surface area (Å²) in [6, 6.07) is 0. The molecule has 1 aromatic heterocycles. The number of hydrogen-bond donors (Lipinski definition) is 1. The lowest BCUT2D eigenvalue weighted by molar-refractivity contribution is 0.525. The van der Waals surface area contributed by atoms with Gasteiger partial charge in [-0.15, -0.1) is 0 Å². The summed E-state index contributed by atoms with van der Waals surface area (Å²) in [4.78, 5) is 3.79. The van der Waals surface area contributed by atoms with Crippen LogP contribution in [0.15, 0.2) is 12.7 Å². The zero-order chi connectivity index (χ0) is 6.53. The number of rotatable bonds is 3. The maximum absolute atomic E-state index is 3.90. The Hall–Kier alpha value is -0.900. The fourth-order valence-corrected chi connectivity index (χ4v) is 0.541. The predicted molar refractivity (Wildman–Crippen MR) is 33.7 cm³/mol. The predicted octanol–water partition coefficient (Wildman–Crippen LogP) is -0.155. The fraction of sp³-hybridized carbons (Fsp3) is 0.600. The third-order valence-electron chi connectivity index (χ3n) is 0.990. The van der Waals surface area contributed by atoms with Gasteiger partial charge in [0.2, 0.25) is 0 Å². The van der Waals surface area contributed by atoms with Gasteiger partial charge in [0, 0.05) is 0 Å². The summed E-state index contributed by atoms with van der Waals surface area (Å²) in [5.41, 5.74) is 0. The fourth-order valence-electron chi connectivity index (χ4n) is 0.541. The molecule has 0 aliphatic carbocycles. The van der Waals surface area contributed by atoms with Crippen molar-refractivity contribution in [1.82, 2.24) is 20.1 Å². The normalized spacial score (nSPS) is 9.89. The highest BCUT2D eigenvalue weighted by molar-refractivity contribution is 4.53. The van der Waals surface area contributed by atoms with Gasteiger partial charge in [-0.25, -0.2) is 9.67 Å². The van der Waals surface area contributed by atoms with E-state index in [9.17, 15) is 0 Å². The molecular weight excluding hydrogens is 116 g/mol. The van der Waals surface area contributed by atoms with E-state index in [-0.39, 0.29) is 0 Å². The lowest BCUT2D eigenvalue weighted by Crippen LogP contribution is -2.17. The molecule has 0 aromatic carbocycles. The van der Waals surface area contributed by atoms with Crippen LogP contribution in [-0.2, 0) is 6.67 Å². The molecule has 0 spiro atoms. The van der Waals surface area contributed by atoms with Crippen LogP contribution in [0.4, 0.5) is 0 Å². The summed E-state index contributed by atoms with van der Waals surface area (Å²) in [5.74, 6) is 0. The number of nitrogens with one attached hydrogen (secondary N) is 1. The highest BCUT2D eigenvalue weighted by Crippen LogP contribution is 1.73. The molecule has 0 radical (unpaired) electrons. The number of hydrogen-bond acceptors (Lipinski definition) is 3. The summed E-state index contributed by atoms with van der Waals surface area (Å²) in [5, 5.41) is 7.01. The molecular formula is C5H10N4. The lowest BCUT2D eigenvalue weighted by atomic mass is 10.7. The van der Waals surface area contributed by atoms with Crippen LogP contribution in [0.2, 0.25) is 0 Å². The average molecular weight is 126 g/mol. The quantitative estimate of drug-likeness (QED) is 0.612. The molecule has 0 saturated carbocycles. The van der Waals surface area contributed by atoms with Crippen LogP contribution in [0.25, 0.3) is 0 Å². The Balaban J connectivity index is 2.30. The highest BCUT2D eigenvalue weighted by Gasteiger charge is 1.84. The van der Waals surface area contributed by atoms with Gasteiger partial charge in [-0.3, -0.25) is 5.32 Å². The van der Waals surface area contributed by atoms with E-state index in [1.807, 2.05) is 0 Å². The zero-order valence-corrected chi connectivity index (χ0v) is 5.41. The van der Waals surface area contributed by atoms with Gasteiger partial charge in [-0.2, -0.15) is 5.10 Å². The minimum atomic E-state index is 0.747. The molecule has 0 unspecified atom stereocenters. The van der Waals surface area contributed by atoms with Crippen molar-refractivity contribution >= 4 is 0 Å². The molecule has 50 valence electrons. The average Bonchev–Trinajstić information content (AvgIpc) is 2.34. The molecule has 0 aliphatic heterocycles. The lowest BCUT2D eigenvalue weighted by Gasteiger charge is -1.97. The molecule has 0 bridgehead atoms. The summed E-state index contributed by atoms with van der Waals surface area (Å²) < 4.78 is 1.74. The topological polar surface area (TPSA) is 42.7 Å². The Morgan fingerprint density at radius 1 is 1.67 bits per heavy atom. The molecule has 9 heavy (non-hydrogen) atoms. The first kappa shape index (κ1) is 6.22. The van der Waals surface area contributed by atoms with Crippen LogP contribution in [0.5, 0.6) is 0 Å². The first-order valence-electron chi connectivity index (χ1n) is 2.96. The summed E-state index contributed by atoms with van der Waals surface area (Å²) >= 11 is 0. The van der Waals surface area contributed by atoms with Crippen LogP contribution in [-0.4, -0.2) is 21.3 Å². The van der Waals surface area contributed by atoms with E-state index >= 15 is 0 Å². The maximum atomic E-state index is 3.90. The first-order valence-corrected chi connectivity index (χ1v) is 2.96. The molecule has 0 saturated heterocycles. The number of nitrogens with zero attached hydrogens (tertiary/aromatic N) is 3. The van der Waals surface area contributed by atoms with Crippen molar-refractivity contribution in [3.05, 3.63) is 12.7 Å². The van der Waals surface area contributed by atoms with Crippen LogP contribution in [0, 0.1) is 0 Å². The Kier molecular flexibility index (Phi) is 2.21. The van der Waals surface area contributed by atoms with Crippen LogP contribution in [0.3, 0.4) is 0 Å². The van der Waals surface area contributed by atoms with Gasteiger partial charge in [0.15, 0.2) is 0 Å². The molecule has 0 aliphatic rings. The largest absolute Gasteiger partial charge is 0.298 e. The Labute approximate surface area is 53.9 Å². The van der Waals surface area contributed by atoms with Gasteiger partial charge in [0.25, 0.3) is 0 Å². The van der Waals surface area contributed by atoms with Crippen LogP contribution < -0.4 is 5.32 Å². The van der Waals surface area contributed by atoms with E-state index in [1.54, 1.807) is 11.0 Å².